The molecule has 1 rings (SSSR count). The van der Waals surface area contributed by atoms with E-state index in [4.69, 9.17) is 11.5 Å². The van der Waals surface area contributed by atoms with Crippen molar-refractivity contribution in [1.29, 1.82) is 0 Å². The number of hydrogen-bond acceptors (Lipinski definition) is 2. The Kier molecular flexibility index (Phi) is 3.17. The number of benzene rings is 1. The Balaban J connectivity index is 3.06. The first-order valence-electron chi connectivity index (χ1n) is 5.07. The summed E-state index contributed by atoms with van der Waals surface area (Å²) in [5.41, 5.74) is 13.6. The first kappa shape index (κ1) is 11.1. The number of hydrogen-bond donors (Lipinski definition) is 2. The van der Waals surface area contributed by atoms with E-state index in [0.717, 1.165) is 5.69 Å². The fourth-order valence-electron chi connectivity index (χ4n) is 1.55. The Morgan fingerprint density at radius 2 is 1.71 bits per heavy atom. The molecule has 0 saturated carbocycles. The van der Waals surface area contributed by atoms with Gasteiger partial charge in [0.1, 0.15) is 0 Å². The first-order chi connectivity index (χ1) is 6.50. The predicted molar refractivity (Wildman–Crippen MR) is 62.1 cm³/mol. The molecule has 0 aromatic heterocycles. The van der Waals surface area contributed by atoms with Gasteiger partial charge in [0.25, 0.3) is 0 Å². The Hall–Kier alpha value is -1.02. The van der Waals surface area contributed by atoms with Crippen molar-refractivity contribution in [2.45, 2.75) is 26.2 Å². The summed E-state index contributed by atoms with van der Waals surface area (Å²) in [6.07, 6.45) is 0. The van der Waals surface area contributed by atoms with Gasteiger partial charge in [0, 0.05) is 17.6 Å². The average molecular weight is 192 g/mol. The van der Waals surface area contributed by atoms with E-state index in [2.05, 4.69) is 32.9 Å². The highest BCUT2D eigenvalue weighted by molar-refractivity contribution is 5.41. The number of nitrogens with two attached hydrogens (primary N) is 2. The lowest BCUT2D eigenvalue weighted by Gasteiger charge is -2.33. The molecular weight excluding hydrogens is 172 g/mol. The zero-order valence-corrected chi connectivity index (χ0v) is 9.25. The van der Waals surface area contributed by atoms with Crippen molar-refractivity contribution >= 4 is 5.69 Å². The van der Waals surface area contributed by atoms with E-state index in [-0.39, 0.29) is 5.41 Å². The normalized spacial score (nSPS) is 15.5. The molecule has 0 aliphatic heterocycles. The third kappa shape index (κ3) is 1.90. The number of anilines is 1. The molecule has 0 amide bonds. The van der Waals surface area contributed by atoms with Crippen molar-refractivity contribution in [3.8, 4) is 0 Å². The van der Waals surface area contributed by atoms with Gasteiger partial charge in [-0.1, -0.05) is 32.9 Å². The topological polar surface area (TPSA) is 52.0 Å². The number of nitrogen functional groups attached to an aromatic ring is 1. The molecule has 4 N–H and O–H groups in total. The van der Waals surface area contributed by atoms with Crippen molar-refractivity contribution in [2.24, 2.45) is 11.7 Å². The summed E-state index contributed by atoms with van der Waals surface area (Å²) in [7, 11) is 0. The minimum absolute atomic E-state index is 0.0493. The van der Waals surface area contributed by atoms with Gasteiger partial charge < -0.3 is 11.5 Å². The summed E-state index contributed by atoms with van der Waals surface area (Å²) in [5, 5.41) is 0. The molecule has 1 unspecified atom stereocenters. The lowest BCUT2D eigenvalue weighted by Crippen LogP contribution is -2.36. The highest BCUT2D eigenvalue weighted by Gasteiger charge is 2.28. The van der Waals surface area contributed by atoms with E-state index in [9.17, 15) is 0 Å². The Bertz CT molecular complexity index is 290. The van der Waals surface area contributed by atoms with Crippen LogP contribution in [0.2, 0.25) is 0 Å². The Labute approximate surface area is 86.3 Å². The molecule has 0 heterocycles. The maximum absolute atomic E-state index is 5.85. The Morgan fingerprint density at radius 3 is 2.07 bits per heavy atom. The molecule has 2 nitrogen and oxygen atoms in total. The maximum Gasteiger partial charge on any atom is 0.0314 e. The van der Waals surface area contributed by atoms with Crippen molar-refractivity contribution in [3.05, 3.63) is 29.8 Å². The van der Waals surface area contributed by atoms with Crippen LogP contribution in [0.5, 0.6) is 0 Å². The summed E-state index contributed by atoms with van der Waals surface area (Å²) < 4.78 is 0. The summed E-state index contributed by atoms with van der Waals surface area (Å²) in [5.74, 6) is 0.524. The molecule has 0 fully saturated rings. The van der Waals surface area contributed by atoms with Gasteiger partial charge in [-0.25, -0.2) is 0 Å². The van der Waals surface area contributed by atoms with Crippen LogP contribution in [-0.2, 0) is 5.41 Å². The summed E-state index contributed by atoms with van der Waals surface area (Å²) in [4.78, 5) is 0. The van der Waals surface area contributed by atoms with Crippen LogP contribution in [0, 0.1) is 5.92 Å². The van der Waals surface area contributed by atoms with Crippen molar-refractivity contribution < 1.29 is 0 Å². The van der Waals surface area contributed by atoms with E-state index >= 15 is 0 Å². The smallest absolute Gasteiger partial charge is 0.0314 e. The Morgan fingerprint density at radius 1 is 1.21 bits per heavy atom. The molecule has 0 saturated heterocycles. The van der Waals surface area contributed by atoms with Crippen LogP contribution in [-0.4, -0.2) is 6.54 Å². The van der Waals surface area contributed by atoms with Crippen LogP contribution in [0.15, 0.2) is 24.3 Å². The standard InChI is InChI=1S/C12H20N2/c1-9(2)12(3,8-13)10-4-6-11(14)7-5-10/h4-7,9H,8,13-14H2,1-3H3. The van der Waals surface area contributed by atoms with Gasteiger partial charge in [-0.3, -0.25) is 0 Å². The molecule has 0 spiro atoms. The van der Waals surface area contributed by atoms with E-state index < -0.39 is 0 Å². The molecule has 0 radical (unpaired) electrons. The van der Waals surface area contributed by atoms with Crippen LogP contribution in [0.4, 0.5) is 5.69 Å². The largest absolute Gasteiger partial charge is 0.399 e. The quantitative estimate of drug-likeness (QED) is 0.721. The van der Waals surface area contributed by atoms with Crippen molar-refractivity contribution in [2.75, 3.05) is 12.3 Å². The molecule has 2 heteroatoms. The van der Waals surface area contributed by atoms with Gasteiger partial charge in [-0.2, -0.15) is 0 Å². The number of rotatable bonds is 3. The summed E-state index contributed by atoms with van der Waals surface area (Å²) in [6.45, 7) is 7.25. The highest BCUT2D eigenvalue weighted by atomic mass is 14.6. The maximum atomic E-state index is 5.85. The summed E-state index contributed by atoms with van der Waals surface area (Å²) in [6, 6.07) is 8.02. The second-order valence-electron chi connectivity index (χ2n) is 4.40. The minimum atomic E-state index is 0.0493. The summed E-state index contributed by atoms with van der Waals surface area (Å²) >= 11 is 0. The third-order valence-corrected chi connectivity index (χ3v) is 3.27. The van der Waals surface area contributed by atoms with Gasteiger partial charge >= 0.3 is 0 Å². The predicted octanol–water partition coefficient (Wildman–Crippen LogP) is 2.14. The molecule has 0 aliphatic rings. The van der Waals surface area contributed by atoms with Crippen LogP contribution >= 0.6 is 0 Å². The van der Waals surface area contributed by atoms with E-state index in [1.54, 1.807) is 0 Å². The lowest BCUT2D eigenvalue weighted by molar-refractivity contribution is 0.347. The lowest BCUT2D eigenvalue weighted by atomic mass is 9.73. The highest BCUT2D eigenvalue weighted by Crippen LogP contribution is 2.31. The fourth-order valence-corrected chi connectivity index (χ4v) is 1.55. The molecule has 1 aromatic carbocycles. The van der Waals surface area contributed by atoms with Gasteiger partial charge in [0.2, 0.25) is 0 Å². The van der Waals surface area contributed by atoms with E-state index in [1.165, 1.54) is 5.56 Å². The average Bonchev–Trinajstić information content (AvgIpc) is 2.17. The van der Waals surface area contributed by atoms with Crippen LogP contribution in [0.25, 0.3) is 0 Å². The van der Waals surface area contributed by atoms with Crippen LogP contribution < -0.4 is 11.5 Å². The zero-order valence-electron chi connectivity index (χ0n) is 9.25. The van der Waals surface area contributed by atoms with Crippen molar-refractivity contribution in [1.82, 2.24) is 0 Å². The second-order valence-corrected chi connectivity index (χ2v) is 4.40. The molecule has 14 heavy (non-hydrogen) atoms. The second kappa shape index (κ2) is 4.01. The zero-order chi connectivity index (χ0) is 10.8. The molecule has 1 aromatic rings. The van der Waals surface area contributed by atoms with Gasteiger partial charge in [0.05, 0.1) is 0 Å². The monoisotopic (exact) mass is 192 g/mol. The van der Waals surface area contributed by atoms with Gasteiger partial charge in [-0.05, 0) is 23.6 Å². The van der Waals surface area contributed by atoms with Crippen molar-refractivity contribution in [3.63, 3.8) is 0 Å². The van der Waals surface area contributed by atoms with Gasteiger partial charge in [0.15, 0.2) is 0 Å². The molecule has 1 atom stereocenters. The van der Waals surface area contributed by atoms with Crippen LogP contribution in [0.1, 0.15) is 26.3 Å². The molecular formula is C12H20N2. The molecule has 0 bridgehead atoms. The molecule has 0 aliphatic carbocycles. The molecule has 78 valence electrons. The minimum Gasteiger partial charge on any atom is -0.399 e. The van der Waals surface area contributed by atoms with E-state index in [0.29, 0.717) is 12.5 Å². The van der Waals surface area contributed by atoms with E-state index in [1.807, 2.05) is 12.1 Å². The first-order valence-corrected chi connectivity index (χ1v) is 5.07. The van der Waals surface area contributed by atoms with Crippen LogP contribution in [0.3, 0.4) is 0 Å². The van der Waals surface area contributed by atoms with Gasteiger partial charge in [-0.15, -0.1) is 0 Å². The SMILES string of the molecule is CC(C)C(C)(CN)c1ccc(N)cc1. The fraction of sp³-hybridized carbons (Fsp3) is 0.500. The third-order valence-electron chi connectivity index (χ3n) is 3.27.